The first-order chi connectivity index (χ1) is 14.2. The maximum atomic E-state index is 13.1. The van der Waals surface area contributed by atoms with E-state index in [0.717, 1.165) is 43.4 Å². The van der Waals surface area contributed by atoms with E-state index in [-0.39, 0.29) is 16.3 Å². The van der Waals surface area contributed by atoms with Crippen molar-refractivity contribution in [2.24, 2.45) is 29.6 Å². The molecular weight excluding hydrogens is 396 g/mol. The van der Waals surface area contributed by atoms with Gasteiger partial charge in [-0.15, -0.1) is 0 Å². The first-order valence-corrected chi connectivity index (χ1v) is 13.1. The molecule has 0 spiro atoms. The molecule has 1 amide bonds. The van der Waals surface area contributed by atoms with Crippen LogP contribution >= 0.6 is 0 Å². The van der Waals surface area contributed by atoms with Crippen molar-refractivity contribution >= 4 is 15.9 Å². The van der Waals surface area contributed by atoms with Crippen LogP contribution in [0.3, 0.4) is 0 Å². The molecule has 1 aromatic rings. The minimum atomic E-state index is -3.51. The first kappa shape index (κ1) is 20.5. The topological polar surface area (TPSA) is 66.5 Å². The molecule has 5 fully saturated rings. The van der Waals surface area contributed by atoms with Crippen LogP contribution in [0.2, 0.25) is 0 Å². The summed E-state index contributed by atoms with van der Waals surface area (Å²) in [5.74, 6) is 3.01. The molecule has 164 valence electrons. The Bertz CT molecular complexity index is 879. The zero-order valence-corrected chi connectivity index (χ0v) is 19.0. The number of sulfonamides is 1. The molecule has 6 heteroatoms. The average molecular weight is 431 g/mol. The van der Waals surface area contributed by atoms with Crippen LogP contribution < -0.4 is 5.32 Å². The summed E-state index contributed by atoms with van der Waals surface area (Å²) in [6, 6.07) is 6.57. The van der Waals surface area contributed by atoms with Crippen LogP contribution in [-0.4, -0.2) is 37.3 Å². The number of carbonyl (C=O) groups excluding carboxylic acids is 1. The van der Waals surface area contributed by atoms with E-state index in [1.54, 1.807) is 28.6 Å². The molecular formula is C24H34N2O3S. The second-order valence-corrected chi connectivity index (χ2v) is 12.9. The Balaban J connectivity index is 1.30. The van der Waals surface area contributed by atoms with Crippen molar-refractivity contribution in [3.63, 3.8) is 0 Å². The number of nitrogens with one attached hydrogen (secondary N) is 1. The molecule has 0 aromatic heterocycles. The van der Waals surface area contributed by atoms with Gasteiger partial charge in [-0.1, -0.05) is 13.8 Å². The number of nitrogens with zero attached hydrogens (tertiary/aromatic N) is 1. The van der Waals surface area contributed by atoms with Gasteiger partial charge in [0.25, 0.3) is 5.91 Å². The van der Waals surface area contributed by atoms with Gasteiger partial charge in [-0.2, -0.15) is 4.31 Å². The fourth-order valence-electron chi connectivity index (χ4n) is 7.31. The summed E-state index contributed by atoms with van der Waals surface area (Å²) in [6.07, 6.45) is 8.43. The highest BCUT2D eigenvalue weighted by atomic mass is 32.2. The van der Waals surface area contributed by atoms with E-state index in [4.69, 9.17) is 0 Å². The van der Waals surface area contributed by atoms with Gasteiger partial charge in [0.05, 0.1) is 4.90 Å². The second-order valence-electron chi connectivity index (χ2n) is 10.9. The predicted octanol–water partition coefficient (Wildman–Crippen LogP) is 4.05. The Morgan fingerprint density at radius 2 is 1.40 bits per heavy atom. The third-order valence-electron chi connectivity index (χ3n) is 8.01. The van der Waals surface area contributed by atoms with Crippen LogP contribution in [0.25, 0.3) is 0 Å². The molecule has 1 aromatic carbocycles. The van der Waals surface area contributed by atoms with Crippen LogP contribution in [0.15, 0.2) is 29.2 Å². The summed E-state index contributed by atoms with van der Waals surface area (Å²) in [5.41, 5.74) is 0.529. The molecule has 4 saturated carbocycles. The molecule has 1 aliphatic heterocycles. The largest absolute Gasteiger partial charge is 0.347 e. The van der Waals surface area contributed by atoms with E-state index >= 15 is 0 Å². The van der Waals surface area contributed by atoms with Crippen LogP contribution in [0, 0.1) is 29.6 Å². The Kier molecular flexibility index (Phi) is 5.01. The number of amides is 1. The molecule has 1 N–H and O–H groups in total. The fourth-order valence-corrected chi connectivity index (χ4v) is 8.99. The van der Waals surface area contributed by atoms with Gasteiger partial charge < -0.3 is 5.32 Å². The average Bonchev–Trinajstić information content (AvgIpc) is 2.66. The summed E-state index contributed by atoms with van der Waals surface area (Å²) >= 11 is 0. The maximum Gasteiger partial charge on any atom is 0.251 e. The van der Waals surface area contributed by atoms with Gasteiger partial charge in [-0.25, -0.2) is 8.42 Å². The minimum absolute atomic E-state index is 0.0311. The van der Waals surface area contributed by atoms with Crippen LogP contribution in [-0.2, 0) is 10.0 Å². The van der Waals surface area contributed by atoms with Gasteiger partial charge in [0.2, 0.25) is 10.0 Å². The molecule has 1 saturated heterocycles. The number of rotatable bonds is 4. The van der Waals surface area contributed by atoms with E-state index < -0.39 is 10.0 Å². The van der Waals surface area contributed by atoms with Crippen molar-refractivity contribution in [3.8, 4) is 0 Å². The smallest absolute Gasteiger partial charge is 0.251 e. The first-order valence-electron chi connectivity index (χ1n) is 11.7. The van der Waals surface area contributed by atoms with Gasteiger partial charge in [0.15, 0.2) is 0 Å². The Morgan fingerprint density at radius 3 is 1.90 bits per heavy atom. The van der Waals surface area contributed by atoms with Crippen LogP contribution in [0.5, 0.6) is 0 Å². The molecule has 30 heavy (non-hydrogen) atoms. The number of hydrogen-bond donors (Lipinski definition) is 1. The lowest BCUT2D eigenvalue weighted by Crippen LogP contribution is -2.59. The summed E-state index contributed by atoms with van der Waals surface area (Å²) in [4.78, 5) is 13.3. The number of benzene rings is 1. The van der Waals surface area contributed by atoms with Crippen molar-refractivity contribution in [2.75, 3.05) is 13.1 Å². The van der Waals surface area contributed by atoms with Gasteiger partial charge in [0.1, 0.15) is 0 Å². The van der Waals surface area contributed by atoms with Crippen molar-refractivity contribution in [1.29, 1.82) is 0 Å². The van der Waals surface area contributed by atoms with E-state index in [2.05, 4.69) is 19.2 Å². The molecule has 5 nitrogen and oxygen atoms in total. The van der Waals surface area contributed by atoms with Crippen molar-refractivity contribution in [1.82, 2.24) is 9.62 Å². The highest BCUT2D eigenvalue weighted by molar-refractivity contribution is 7.89. The molecule has 4 bridgehead atoms. The lowest BCUT2D eigenvalue weighted by Gasteiger charge is -2.56. The molecule has 0 radical (unpaired) electrons. The SMILES string of the molecule is C[C@@H]1C[C@@H](C)CN(S(=O)(=O)c2ccc(C(=O)NC34CC5CC(CC(C5)C3)C4)cc2)C1. The molecule has 0 unspecified atom stereocenters. The number of hydrogen-bond acceptors (Lipinski definition) is 3. The quantitative estimate of drug-likeness (QED) is 0.784. The summed E-state index contributed by atoms with van der Waals surface area (Å²) in [5, 5.41) is 3.38. The van der Waals surface area contributed by atoms with E-state index in [1.807, 2.05) is 0 Å². The lowest BCUT2D eigenvalue weighted by molar-refractivity contribution is -0.0167. The van der Waals surface area contributed by atoms with Crippen molar-refractivity contribution in [2.45, 2.75) is 69.2 Å². The summed E-state index contributed by atoms with van der Waals surface area (Å²) in [6.45, 7) is 5.36. The summed E-state index contributed by atoms with van der Waals surface area (Å²) < 4.78 is 27.8. The fraction of sp³-hybridized carbons (Fsp3) is 0.708. The number of carbonyl (C=O) groups is 1. The van der Waals surface area contributed by atoms with E-state index in [9.17, 15) is 13.2 Å². The Hall–Kier alpha value is -1.40. The van der Waals surface area contributed by atoms with Crippen LogP contribution in [0.4, 0.5) is 0 Å². The van der Waals surface area contributed by atoms with Gasteiger partial charge in [0, 0.05) is 24.2 Å². The lowest BCUT2D eigenvalue weighted by atomic mass is 9.53. The molecule has 6 rings (SSSR count). The zero-order valence-electron chi connectivity index (χ0n) is 18.1. The van der Waals surface area contributed by atoms with Gasteiger partial charge in [-0.3, -0.25) is 4.79 Å². The number of piperidine rings is 1. The molecule has 5 aliphatic rings. The molecule has 2 atom stereocenters. The summed E-state index contributed by atoms with van der Waals surface area (Å²) in [7, 11) is -3.51. The normalized spacial score (nSPS) is 38.5. The Morgan fingerprint density at radius 1 is 0.900 bits per heavy atom. The molecule has 1 heterocycles. The highest BCUT2D eigenvalue weighted by Crippen LogP contribution is 2.55. The van der Waals surface area contributed by atoms with E-state index in [1.165, 1.54) is 19.3 Å². The third kappa shape index (κ3) is 3.70. The standard InChI is InChI=1S/C24H34N2O3S/c1-16-7-17(2)15-26(14-16)30(28,29)22-5-3-21(4-6-22)23(27)25-24-11-18-8-19(12-24)10-20(9-18)13-24/h3-6,16-20H,7-15H2,1-2H3,(H,25,27)/t16-,17-,18?,19?,20?,24?/m1/s1. The van der Waals surface area contributed by atoms with Crippen molar-refractivity contribution in [3.05, 3.63) is 29.8 Å². The monoisotopic (exact) mass is 430 g/mol. The zero-order chi connectivity index (χ0) is 21.1. The van der Waals surface area contributed by atoms with Crippen molar-refractivity contribution < 1.29 is 13.2 Å². The maximum absolute atomic E-state index is 13.1. The highest BCUT2D eigenvalue weighted by Gasteiger charge is 2.51. The predicted molar refractivity (Wildman–Crippen MR) is 117 cm³/mol. The Labute approximate surface area is 180 Å². The second kappa shape index (κ2) is 7.33. The van der Waals surface area contributed by atoms with Gasteiger partial charge in [-0.05, 0) is 98.8 Å². The van der Waals surface area contributed by atoms with E-state index in [0.29, 0.717) is 30.5 Å². The van der Waals surface area contributed by atoms with Gasteiger partial charge >= 0.3 is 0 Å². The minimum Gasteiger partial charge on any atom is -0.347 e. The third-order valence-corrected chi connectivity index (χ3v) is 9.85. The molecule has 4 aliphatic carbocycles. The van der Waals surface area contributed by atoms with Crippen LogP contribution in [0.1, 0.15) is 69.2 Å².